The molecule has 0 bridgehead atoms. The lowest BCUT2D eigenvalue weighted by atomic mass is 9.78. The highest BCUT2D eigenvalue weighted by atomic mass is 19.4. The van der Waals surface area contributed by atoms with Gasteiger partial charge in [0.1, 0.15) is 0 Å². The third kappa shape index (κ3) is 7.05. The maximum absolute atomic E-state index is 12.9. The second kappa shape index (κ2) is 12.2. The number of anilines is 1. The van der Waals surface area contributed by atoms with Crippen molar-refractivity contribution < 1.29 is 45.8 Å². The van der Waals surface area contributed by atoms with Crippen molar-refractivity contribution in [1.29, 1.82) is 0 Å². The van der Waals surface area contributed by atoms with E-state index in [2.05, 4.69) is 39.7 Å². The summed E-state index contributed by atoms with van der Waals surface area (Å²) in [5.41, 5.74) is 3.33. The molecule has 0 unspecified atom stereocenters. The summed E-state index contributed by atoms with van der Waals surface area (Å²) in [6.45, 7) is 6.99. The number of benzene rings is 1. The Hall–Kier alpha value is -2.74. The monoisotopic (exact) mass is 634 g/mol. The number of nitrogens with zero attached hydrogens (tertiary/aromatic N) is 4. The molecule has 0 radical (unpaired) electrons. The lowest BCUT2D eigenvalue weighted by molar-refractivity contribution is -0.308. The van der Waals surface area contributed by atoms with Gasteiger partial charge in [-0.1, -0.05) is 12.1 Å². The van der Waals surface area contributed by atoms with Gasteiger partial charge in [0.15, 0.2) is 0 Å². The van der Waals surface area contributed by atoms with E-state index in [0.29, 0.717) is 19.4 Å². The Morgan fingerprint density at radius 1 is 0.909 bits per heavy atom. The molecule has 246 valence electrons. The van der Waals surface area contributed by atoms with Crippen LogP contribution in [0.4, 0.5) is 36.8 Å². The van der Waals surface area contributed by atoms with Gasteiger partial charge in [-0.15, -0.1) is 0 Å². The van der Waals surface area contributed by atoms with Gasteiger partial charge in [0.05, 0.1) is 6.54 Å². The number of hydrogen-bond donors (Lipinski definition) is 1. The van der Waals surface area contributed by atoms with Crippen LogP contribution in [-0.2, 0) is 16.1 Å². The van der Waals surface area contributed by atoms with Gasteiger partial charge in [-0.05, 0) is 94.1 Å². The number of carbonyl (C=O) groups is 2. The topological polar surface area (TPSA) is 76.6 Å². The number of carboxylic acids is 1. The van der Waals surface area contributed by atoms with E-state index in [1.807, 2.05) is 4.90 Å². The third-order valence-corrected chi connectivity index (χ3v) is 10.2. The summed E-state index contributed by atoms with van der Waals surface area (Å²) in [6, 6.07) is 6.42. The van der Waals surface area contributed by atoms with E-state index in [0.717, 1.165) is 80.9 Å². The van der Waals surface area contributed by atoms with Crippen LogP contribution >= 0.6 is 0 Å². The number of aryl methyl sites for hydroxylation is 1. The smallest absolute Gasteiger partial charge is 0.434 e. The van der Waals surface area contributed by atoms with Gasteiger partial charge in [0.2, 0.25) is 0 Å². The average Bonchev–Trinajstić information content (AvgIpc) is 3.52. The van der Waals surface area contributed by atoms with E-state index in [4.69, 9.17) is 5.11 Å². The molecule has 0 saturated carbocycles. The number of likely N-dealkylation sites (tertiary alicyclic amines) is 3. The molecule has 4 heterocycles. The Bertz CT molecular complexity index is 1190. The Morgan fingerprint density at radius 2 is 1.55 bits per heavy atom. The molecular weight excluding hydrogens is 594 g/mol. The van der Waals surface area contributed by atoms with Gasteiger partial charge in [-0.25, -0.2) is 4.79 Å². The predicted octanol–water partition coefficient (Wildman–Crippen LogP) is 5.43. The zero-order valence-electron chi connectivity index (χ0n) is 24.9. The van der Waals surface area contributed by atoms with Crippen LogP contribution in [0.15, 0.2) is 18.2 Å². The molecule has 1 amide bonds. The van der Waals surface area contributed by atoms with Crippen LogP contribution in [0.1, 0.15) is 56.1 Å². The Kier molecular flexibility index (Phi) is 9.07. The SMILES string of the molecule is Cc1ccc(CN2CCCC23CCN(C(=O)OC(C(F)(F)F)C(F)(F)F)CC3)c(N2CCC3(CCN(CC(=O)O)CC3)C2)c1. The summed E-state index contributed by atoms with van der Waals surface area (Å²) >= 11 is 0. The van der Waals surface area contributed by atoms with Crippen molar-refractivity contribution in [3.63, 3.8) is 0 Å². The molecule has 44 heavy (non-hydrogen) atoms. The van der Waals surface area contributed by atoms with Gasteiger partial charge in [0.25, 0.3) is 6.10 Å². The van der Waals surface area contributed by atoms with E-state index in [9.17, 15) is 35.9 Å². The largest absolute Gasteiger partial charge is 0.480 e. The molecule has 4 aliphatic rings. The third-order valence-electron chi connectivity index (χ3n) is 10.2. The number of alkyl halides is 6. The standard InChI is InChI=1S/C30H40F6N4O4/c1-21-3-4-22(23(17-21)39-14-8-27(20-39)6-12-37(13-7-27)19-24(41)42)18-40-11-2-5-28(40)9-15-38(16-10-28)26(43)44-25(29(31,32)33)30(34,35)36/h3-4,17,25H,2,5-16,18-20H2,1H3,(H,41,42). The molecule has 0 aliphatic carbocycles. The number of aliphatic carboxylic acids is 1. The van der Waals surface area contributed by atoms with Crippen LogP contribution in [-0.4, -0.2) is 108 Å². The highest BCUT2D eigenvalue weighted by molar-refractivity contribution is 5.69. The van der Waals surface area contributed by atoms with E-state index >= 15 is 0 Å². The molecular formula is C30H40F6N4O4. The number of hydrogen-bond acceptors (Lipinski definition) is 6. The minimum Gasteiger partial charge on any atom is -0.480 e. The molecule has 2 spiro atoms. The first-order chi connectivity index (χ1) is 20.6. The zero-order chi connectivity index (χ0) is 31.9. The Labute approximate surface area is 252 Å². The van der Waals surface area contributed by atoms with Gasteiger partial charge in [0, 0.05) is 44.0 Å². The molecule has 0 atom stereocenters. The summed E-state index contributed by atoms with van der Waals surface area (Å²) < 4.78 is 81.5. The van der Waals surface area contributed by atoms with E-state index in [1.165, 1.54) is 5.69 Å². The minimum absolute atomic E-state index is 0.0199. The van der Waals surface area contributed by atoms with Crippen molar-refractivity contribution in [2.75, 3.05) is 57.3 Å². The lowest BCUT2D eigenvalue weighted by Gasteiger charge is -2.45. The number of halogens is 6. The first-order valence-electron chi connectivity index (χ1n) is 15.2. The first-order valence-corrected chi connectivity index (χ1v) is 15.2. The average molecular weight is 635 g/mol. The number of amides is 1. The second-order valence-electron chi connectivity index (χ2n) is 13.1. The van der Waals surface area contributed by atoms with Crippen molar-refractivity contribution in [1.82, 2.24) is 14.7 Å². The maximum atomic E-state index is 12.9. The molecule has 1 N–H and O–H groups in total. The molecule has 0 aromatic heterocycles. The molecule has 4 saturated heterocycles. The van der Waals surface area contributed by atoms with Gasteiger partial charge >= 0.3 is 24.4 Å². The fourth-order valence-electron chi connectivity index (χ4n) is 7.64. The van der Waals surface area contributed by atoms with Crippen molar-refractivity contribution in [3.05, 3.63) is 29.3 Å². The molecule has 4 fully saturated rings. The molecule has 4 aliphatic heterocycles. The van der Waals surface area contributed by atoms with Crippen LogP contribution in [0.25, 0.3) is 0 Å². The van der Waals surface area contributed by atoms with Gasteiger partial charge in [-0.2, -0.15) is 26.3 Å². The molecule has 1 aromatic rings. The quantitative estimate of drug-likeness (QED) is 0.419. The molecule has 5 rings (SSSR count). The summed E-state index contributed by atoms with van der Waals surface area (Å²) in [5.74, 6) is -0.805. The number of carbonyl (C=O) groups excluding carboxylic acids is 1. The second-order valence-corrected chi connectivity index (χ2v) is 13.1. The van der Waals surface area contributed by atoms with Crippen LogP contribution in [0.5, 0.6) is 0 Å². The predicted molar refractivity (Wildman–Crippen MR) is 149 cm³/mol. The number of ether oxygens (including phenoxy) is 1. The number of piperidine rings is 2. The highest BCUT2D eigenvalue weighted by Crippen LogP contribution is 2.45. The maximum Gasteiger partial charge on any atom is 0.434 e. The van der Waals surface area contributed by atoms with Crippen LogP contribution in [0, 0.1) is 12.3 Å². The molecule has 1 aromatic carbocycles. The molecule has 14 heteroatoms. The minimum atomic E-state index is -5.74. The van der Waals surface area contributed by atoms with Crippen molar-refractivity contribution in [3.8, 4) is 0 Å². The van der Waals surface area contributed by atoms with E-state index in [1.54, 1.807) is 0 Å². The fourth-order valence-corrected chi connectivity index (χ4v) is 7.64. The Morgan fingerprint density at radius 3 is 2.16 bits per heavy atom. The Balaban J connectivity index is 1.23. The zero-order valence-corrected chi connectivity index (χ0v) is 24.9. The summed E-state index contributed by atoms with van der Waals surface area (Å²) in [7, 11) is 0. The van der Waals surface area contributed by atoms with Crippen molar-refractivity contribution in [2.24, 2.45) is 5.41 Å². The summed E-state index contributed by atoms with van der Waals surface area (Å²) in [4.78, 5) is 31.2. The van der Waals surface area contributed by atoms with Crippen LogP contribution in [0.2, 0.25) is 0 Å². The van der Waals surface area contributed by atoms with Crippen molar-refractivity contribution >= 4 is 17.7 Å². The van der Waals surface area contributed by atoms with Crippen LogP contribution in [0.3, 0.4) is 0 Å². The number of rotatable bonds is 6. The van der Waals surface area contributed by atoms with E-state index in [-0.39, 0.29) is 30.6 Å². The van der Waals surface area contributed by atoms with Gasteiger partial charge < -0.3 is 19.6 Å². The fraction of sp³-hybridized carbons (Fsp3) is 0.733. The lowest BCUT2D eigenvalue weighted by Crippen LogP contribution is -2.54. The normalized spacial score (nSPS) is 22.8. The van der Waals surface area contributed by atoms with Crippen molar-refractivity contribution in [2.45, 2.75) is 82.4 Å². The highest BCUT2D eigenvalue weighted by Gasteiger charge is 2.60. The van der Waals surface area contributed by atoms with Gasteiger partial charge in [-0.3, -0.25) is 14.6 Å². The number of carboxylic acid groups (broad SMARTS) is 1. The van der Waals surface area contributed by atoms with Crippen LogP contribution < -0.4 is 4.90 Å². The first kappa shape index (κ1) is 32.6. The van der Waals surface area contributed by atoms with E-state index < -0.39 is 30.5 Å². The summed E-state index contributed by atoms with van der Waals surface area (Å²) in [5, 5.41) is 9.15. The summed E-state index contributed by atoms with van der Waals surface area (Å²) in [6.07, 6.45) is -11.7. The molecule has 8 nitrogen and oxygen atoms in total.